The minimum atomic E-state index is 0.798. The third kappa shape index (κ3) is 2.65. The Balaban J connectivity index is 1.62. The second kappa shape index (κ2) is 4.99. The van der Waals surface area contributed by atoms with Crippen molar-refractivity contribution in [3.8, 4) is 0 Å². The van der Waals surface area contributed by atoms with Crippen molar-refractivity contribution in [2.24, 2.45) is 0 Å². The van der Waals surface area contributed by atoms with E-state index in [-0.39, 0.29) is 0 Å². The molecule has 0 radical (unpaired) electrons. The molecule has 1 aromatic carbocycles. The van der Waals surface area contributed by atoms with E-state index in [0.717, 1.165) is 30.4 Å². The van der Waals surface area contributed by atoms with Gasteiger partial charge >= 0.3 is 0 Å². The summed E-state index contributed by atoms with van der Waals surface area (Å²) in [5, 5.41) is 4.68. The van der Waals surface area contributed by atoms with Gasteiger partial charge in [0.25, 0.3) is 0 Å². The van der Waals surface area contributed by atoms with Crippen LogP contribution in [0.25, 0.3) is 17.0 Å². The number of hydrogen-bond acceptors (Lipinski definition) is 2. The van der Waals surface area contributed by atoms with Gasteiger partial charge in [-0.05, 0) is 50.4 Å². The van der Waals surface area contributed by atoms with Crippen LogP contribution >= 0.6 is 0 Å². The fourth-order valence-corrected chi connectivity index (χ4v) is 2.17. The lowest BCUT2D eigenvalue weighted by atomic mass is 10.2. The topological polar surface area (TPSA) is 25.2 Å². The highest BCUT2D eigenvalue weighted by Gasteiger charge is 2.19. The maximum absolute atomic E-state index is 5.83. The van der Waals surface area contributed by atoms with Crippen LogP contribution in [0, 0.1) is 6.92 Å². The summed E-state index contributed by atoms with van der Waals surface area (Å²) in [6, 6.07) is 9.15. The van der Waals surface area contributed by atoms with Gasteiger partial charge in [0.15, 0.2) is 0 Å². The molecule has 2 heteroatoms. The van der Waals surface area contributed by atoms with E-state index in [1.165, 1.54) is 23.8 Å². The van der Waals surface area contributed by atoms with E-state index in [9.17, 15) is 0 Å². The van der Waals surface area contributed by atoms with Crippen LogP contribution in [-0.4, -0.2) is 12.6 Å². The van der Waals surface area contributed by atoms with Gasteiger partial charge in [0, 0.05) is 11.4 Å². The van der Waals surface area contributed by atoms with Crippen molar-refractivity contribution < 1.29 is 4.42 Å². The minimum absolute atomic E-state index is 0.798. The molecular weight excluding hydrogens is 222 g/mol. The first-order chi connectivity index (χ1) is 8.83. The van der Waals surface area contributed by atoms with E-state index in [1.54, 1.807) is 0 Å². The monoisotopic (exact) mass is 241 g/mol. The van der Waals surface area contributed by atoms with Gasteiger partial charge in [-0.25, -0.2) is 0 Å². The van der Waals surface area contributed by atoms with Crippen LogP contribution in [0.4, 0.5) is 0 Å². The van der Waals surface area contributed by atoms with E-state index >= 15 is 0 Å². The van der Waals surface area contributed by atoms with Crippen LogP contribution in [0.15, 0.2) is 34.8 Å². The van der Waals surface area contributed by atoms with E-state index in [1.807, 2.05) is 0 Å². The lowest BCUT2D eigenvalue weighted by molar-refractivity contribution is 0.601. The van der Waals surface area contributed by atoms with E-state index in [0.29, 0.717) is 0 Å². The van der Waals surface area contributed by atoms with Crippen molar-refractivity contribution in [1.29, 1.82) is 0 Å². The van der Waals surface area contributed by atoms with Crippen LogP contribution in [0.2, 0.25) is 0 Å². The molecule has 3 rings (SSSR count). The molecule has 1 saturated carbocycles. The number of aryl methyl sites for hydroxylation is 1. The molecule has 0 amide bonds. The zero-order valence-corrected chi connectivity index (χ0v) is 10.8. The Labute approximate surface area is 108 Å². The molecule has 2 nitrogen and oxygen atoms in total. The molecule has 18 heavy (non-hydrogen) atoms. The van der Waals surface area contributed by atoms with Gasteiger partial charge in [-0.1, -0.05) is 24.3 Å². The van der Waals surface area contributed by atoms with Crippen LogP contribution < -0.4 is 5.32 Å². The summed E-state index contributed by atoms with van der Waals surface area (Å²) in [5.41, 5.74) is 2.20. The SMILES string of the molecule is Cc1cccc2cc(/C=C/CCNC3CC3)oc12. The summed E-state index contributed by atoms with van der Waals surface area (Å²) >= 11 is 0. The zero-order valence-electron chi connectivity index (χ0n) is 10.8. The second-order valence-electron chi connectivity index (χ2n) is 5.06. The summed E-state index contributed by atoms with van der Waals surface area (Å²) in [6.07, 6.45) is 8.03. The molecule has 2 aromatic rings. The minimum Gasteiger partial charge on any atom is -0.456 e. The Hall–Kier alpha value is -1.54. The first-order valence-electron chi connectivity index (χ1n) is 6.72. The molecule has 0 spiro atoms. The average Bonchev–Trinajstić information content (AvgIpc) is 3.08. The van der Waals surface area contributed by atoms with Gasteiger partial charge in [-0.2, -0.15) is 0 Å². The van der Waals surface area contributed by atoms with E-state index in [4.69, 9.17) is 4.42 Å². The fraction of sp³-hybridized carbons (Fsp3) is 0.375. The van der Waals surface area contributed by atoms with Crippen LogP contribution in [0.3, 0.4) is 0 Å². The van der Waals surface area contributed by atoms with Gasteiger partial charge in [-0.15, -0.1) is 0 Å². The van der Waals surface area contributed by atoms with Crippen molar-refractivity contribution in [3.05, 3.63) is 41.7 Å². The number of fused-ring (bicyclic) bond motifs is 1. The van der Waals surface area contributed by atoms with Gasteiger partial charge in [0.1, 0.15) is 11.3 Å². The molecule has 0 saturated heterocycles. The highest BCUT2D eigenvalue weighted by Crippen LogP contribution is 2.23. The molecule has 1 N–H and O–H groups in total. The predicted octanol–water partition coefficient (Wildman–Crippen LogP) is 3.90. The molecule has 0 aliphatic heterocycles. The molecule has 1 aromatic heterocycles. The zero-order chi connectivity index (χ0) is 12.4. The van der Waals surface area contributed by atoms with Gasteiger partial charge in [-0.3, -0.25) is 0 Å². The molecule has 1 aliphatic carbocycles. The molecule has 1 aliphatic rings. The normalized spacial score (nSPS) is 15.8. The number of furan rings is 1. The highest BCUT2D eigenvalue weighted by atomic mass is 16.3. The maximum Gasteiger partial charge on any atom is 0.137 e. The summed E-state index contributed by atoms with van der Waals surface area (Å²) in [4.78, 5) is 0. The van der Waals surface area contributed by atoms with Gasteiger partial charge < -0.3 is 9.73 Å². The molecule has 0 unspecified atom stereocenters. The summed E-state index contributed by atoms with van der Waals surface area (Å²) in [5.74, 6) is 0.950. The van der Waals surface area contributed by atoms with Crippen molar-refractivity contribution in [3.63, 3.8) is 0 Å². The lowest BCUT2D eigenvalue weighted by Crippen LogP contribution is -2.16. The van der Waals surface area contributed by atoms with Crippen LogP contribution in [-0.2, 0) is 0 Å². The molecule has 0 atom stereocenters. The second-order valence-corrected chi connectivity index (χ2v) is 5.06. The van der Waals surface area contributed by atoms with Crippen molar-refractivity contribution in [2.45, 2.75) is 32.2 Å². The number of rotatable bonds is 5. The molecule has 1 fully saturated rings. The maximum atomic E-state index is 5.83. The summed E-state index contributed by atoms with van der Waals surface area (Å²) < 4.78 is 5.83. The quantitative estimate of drug-likeness (QED) is 0.803. The largest absolute Gasteiger partial charge is 0.456 e. The Kier molecular flexibility index (Phi) is 3.20. The number of benzene rings is 1. The van der Waals surface area contributed by atoms with Gasteiger partial charge in [0.2, 0.25) is 0 Å². The Morgan fingerprint density at radius 1 is 1.39 bits per heavy atom. The molecule has 1 heterocycles. The van der Waals surface area contributed by atoms with Crippen molar-refractivity contribution in [2.75, 3.05) is 6.54 Å². The number of para-hydroxylation sites is 1. The van der Waals surface area contributed by atoms with Crippen molar-refractivity contribution in [1.82, 2.24) is 5.32 Å². The first kappa shape index (κ1) is 11.5. The van der Waals surface area contributed by atoms with E-state index < -0.39 is 0 Å². The summed E-state index contributed by atoms with van der Waals surface area (Å²) in [6.45, 7) is 3.15. The third-order valence-electron chi connectivity index (χ3n) is 3.36. The number of nitrogens with one attached hydrogen (secondary N) is 1. The first-order valence-corrected chi connectivity index (χ1v) is 6.72. The van der Waals surface area contributed by atoms with Crippen molar-refractivity contribution >= 4 is 17.0 Å². The number of hydrogen-bond donors (Lipinski definition) is 1. The molecule has 94 valence electrons. The smallest absolute Gasteiger partial charge is 0.137 e. The average molecular weight is 241 g/mol. The summed E-state index contributed by atoms with van der Waals surface area (Å²) in [7, 11) is 0. The fourth-order valence-electron chi connectivity index (χ4n) is 2.17. The Morgan fingerprint density at radius 3 is 3.06 bits per heavy atom. The standard InChI is InChI=1S/C16H19NO/c1-12-5-4-6-13-11-15(18-16(12)13)7-2-3-10-17-14-8-9-14/h2,4-7,11,14,17H,3,8-10H2,1H3/b7-2+. The Morgan fingerprint density at radius 2 is 2.28 bits per heavy atom. The van der Waals surface area contributed by atoms with Crippen LogP contribution in [0.1, 0.15) is 30.6 Å². The van der Waals surface area contributed by atoms with E-state index in [2.05, 4.69) is 48.7 Å². The molecular formula is C16H19NO. The van der Waals surface area contributed by atoms with Gasteiger partial charge in [0.05, 0.1) is 0 Å². The lowest BCUT2D eigenvalue weighted by Gasteiger charge is -1.96. The third-order valence-corrected chi connectivity index (χ3v) is 3.36. The van der Waals surface area contributed by atoms with Crippen LogP contribution in [0.5, 0.6) is 0 Å². The predicted molar refractivity (Wildman–Crippen MR) is 75.6 cm³/mol. The Bertz CT molecular complexity index is 563. The highest BCUT2D eigenvalue weighted by molar-refractivity contribution is 5.82. The molecule has 0 bridgehead atoms.